The molecule has 4 aliphatic rings. The first-order chi connectivity index (χ1) is 15.7. The molecule has 3 aliphatic heterocycles. The maximum Gasteiger partial charge on any atom is 0.274 e. The predicted molar refractivity (Wildman–Crippen MR) is 119 cm³/mol. The first-order valence-electron chi connectivity index (χ1n) is 11.9. The van der Waals surface area contributed by atoms with Crippen LogP contribution in [-0.2, 0) is 19.4 Å². The number of amides is 1. The number of fused-ring (bicyclic) bond motifs is 2. The Morgan fingerprint density at radius 3 is 2.84 bits per heavy atom. The van der Waals surface area contributed by atoms with E-state index in [1.165, 1.54) is 17.7 Å². The number of aryl methyl sites for hydroxylation is 1. The maximum absolute atomic E-state index is 13.2. The van der Waals surface area contributed by atoms with Gasteiger partial charge in [0, 0.05) is 63.1 Å². The Balaban J connectivity index is 1.04. The van der Waals surface area contributed by atoms with E-state index in [1.807, 2.05) is 11.0 Å². The largest absolute Gasteiger partial charge is 0.454 e. The van der Waals surface area contributed by atoms with Gasteiger partial charge in [-0.2, -0.15) is 5.10 Å². The van der Waals surface area contributed by atoms with Crippen LogP contribution in [0.3, 0.4) is 0 Å². The monoisotopic (exact) mass is 437 g/mol. The fraction of sp³-hybridized carbons (Fsp3) is 0.583. The van der Waals surface area contributed by atoms with Gasteiger partial charge in [-0.1, -0.05) is 6.07 Å². The Morgan fingerprint density at radius 2 is 1.94 bits per heavy atom. The minimum absolute atomic E-state index is 0.121. The lowest BCUT2D eigenvalue weighted by Crippen LogP contribution is -2.55. The summed E-state index contributed by atoms with van der Waals surface area (Å²) >= 11 is 0. The van der Waals surface area contributed by atoms with E-state index in [2.05, 4.69) is 32.1 Å². The van der Waals surface area contributed by atoms with Gasteiger partial charge in [-0.15, -0.1) is 0 Å². The third kappa shape index (κ3) is 3.75. The summed E-state index contributed by atoms with van der Waals surface area (Å²) < 4.78 is 10.9. The van der Waals surface area contributed by atoms with Crippen LogP contribution >= 0.6 is 0 Å². The highest BCUT2D eigenvalue weighted by molar-refractivity contribution is 5.94. The van der Waals surface area contributed by atoms with Crippen molar-refractivity contribution in [3.63, 3.8) is 0 Å². The van der Waals surface area contributed by atoms with Gasteiger partial charge in [0.25, 0.3) is 5.91 Å². The number of benzene rings is 1. The fourth-order valence-corrected chi connectivity index (χ4v) is 5.67. The molecule has 1 aliphatic carbocycles. The van der Waals surface area contributed by atoms with E-state index in [-0.39, 0.29) is 5.91 Å². The number of aromatic nitrogens is 2. The second kappa shape index (κ2) is 8.41. The molecule has 32 heavy (non-hydrogen) atoms. The zero-order chi connectivity index (χ0) is 21.5. The van der Waals surface area contributed by atoms with E-state index >= 15 is 0 Å². The number of hydrogen-bond acceptors (Lipinski definition) is 6. The molecule has 0 bridgehead atoms. The molecule has 1 aromatic carbocycles. The third-order valence-electron chi connectivity index (χ3n) is 7.46. The smallest absolute Gasteiger partial charge is 0.274 e. The van der Waals surface area contributed by atoms with E-state index < -0.39 is 0 Å². The molecule has 0 spiro atoms. The van der Waals surface area contributed by atoms with E-state index in [9.17, 15) is 4.79 Å². The first kappa shape index (κ1) is 20.1. The highest BCUT2D eigenvalue weighted by atomic mass is 16.7. The zero-order valence-electron chi connectivity index (χ0n) is 18.5. The molecule has 4 heterocycles. The van der Waals surface area contributed by atoms with E-state index in [0.29, 0.717) is 18.5 Å². The number of hydrogen-bond donors (Lipinski definition) is 1. The van der Waals surface area contributed by atoms with Gasteiger partial charge in [0.05, 0.1) is 0 Å². The maximum atomic E-state index is 13.2. The van der Waals surface area contributed by atoms with Crippen molar-refractivity contribution in [3.8, 4) is 11.5 Å². The van der Waals surface area contributed by atoms with Gasteiger partial charge >= 0.3 is 0 Å². The topological polar surface area (TPSA) is 73.9 Å². The minimum Gasteiger partial charge on any atom is -0.454 e. The molecule has 0 unspecified atom stereocenters. The molecule has 2 fully saturated rings. The Kier molecular flexibility index (Phi) is 5.27. The van der Waals surface area contributed by atoms with Crippen LogP contribution in [0.4, 0.5) is 0 Å². The van der Waals surface area contributed by atoms with Crippen molar-refractivity contribution in [1.29, 1.82) is 0 Å². The summed E-state index contributed by atoms with van der Waals surface area (Å²) in [6.45, 7) is 7.12. The molecule has 1 aromatic heterocycles. The van der Waals surface area contributed by atoms with Crippen LogP contribution in [-0.4, -0.2) is 82.9 Å². The Bertz CT molecular complexity index is 998. The van der Waals surface area contributed by atoms with Crippen LogP contribution in [0.2, 0.25) is 0 Å². The van der Waals surface area contributed by atoms with Crippen LogP contribution in [0, 0.1) is 0 Å². The third-order valence-corrected chi connectivity index (χ3v) is 7.46. The molecular weight excluding hydrogens is 406 g/mol. The van der Waals surface area contributed by atoms with Crippen LogP contribution in [0.1, 0.15) is 46.6 Å². The number of aromatic amines is 1. The van der Waals surface area contributed by atoms with E-state index in [0.717, 1.165) is 88.6 Å². The molecule has 0 radical (unpaired) electrons. The molecule has 8 heteroatoms. The number of ether oxygens (including phenoxy) is 2. The fourth-order valence-electron chi connectivity index (χ4n) is 5.67. The normalized spacial score (nSPS) is 23.5. The average molecular weight is 438 g/mol. The number of carbonyl (C=O) groups excluding carboxylic acids is 1. The summed E-state index contributed by atoms with van der Waals surface area (Å²) in [6.07, 6.45) is 5.37. The number of nitrogens with one attached hydrogen (secondary N) is 1. The molecule has 1 atom stereocenters. The van der Waals surface area contributed by atoms with Crippen molar-refractivity contribution in [3.05, 3.63) is 40.7 Å². The number of nitrogens with zero attached hydrogens (tertiary/aromatic N) is 4. The standard InChI is InChI=1S/C24H31N5O3/c30-24(23-19-4-1-5-20(19)25-26-23)29-8-2-3-18(15-29)28-11-9-27(10-12-28)14-17-6-7-21-22(13-17)32-16-31-21/h6-7,13,18H,1-5,8-12,14-16H2,(H,25,26)/t18-/m1/s1. The van der Waals surface area contributed by atoms with E-state index in [1.54, 1.807) is 0 Å². The minimum atomic E-state index is 0.121. The van der Waals surface area contributed by atoms with Gasteiger partial charge in [-0.05, 0) is 49.8 Å². The van der Waals surface area contributed by atoms with Gasteiger partial charge in [0.1, 0.15) is 0 Å². The number of rotatable bonds is 4. The first-order valence-corrected chi connectivity index (χ1v) is 11.9. The molecule has 0 saturated carbocycles. The highest BCUT2D eigenvalue weighted by Crippen LogP contribution is 2.33. The predicted octanol–water partition coefficient (Wildman–Crippen LogP) is 2.05. The van der Waals surface area contributed by atoms with Crippen molar-refractivity contribution in [2.45, 2.75) is 44.7 Å². The number of piperazine rings is 1. The van der Waals surface area contributed by atoms with Gasteiger partial charge in [0.15, 0.2) is 17.2 Å². The molecule has 1 amide bonds. The Labute approximate surface area is 188 Å². The molecule has 1 N–H and O–H groups in total. The number of H-pyrrole nitrogens is 1. The van der Waals surface area contributed by atoms with Crippen molar-refractivity contribution in [2.24, 2.45) is 0 Å². The second-order valence-electron chi connectivity index (χ2n) is 9.43. The van der Waals surface area contributed by atoms with E-state index in [4.69, 9.17) is 9.47 Å². The summed E-state index contributed by atoms with van der Waals surface area (Å²) in [7, 11) is 0. The summed E-state index contributed by atoms with van der Waals surface area (Å²) in [5.74, 6) is 1.82. The van der Waals surface area contributed by atoms with Crippen LogP contribution < -0.4 is 9.47 Å². The Hall–Kier alpha value is -2.58. The van der Waals surface area contributed by atoms with Gasteiger partial charge in [0.2, 0.25) is 6.79 Å². The summed E-state index contributed by atoms with van der Waals surface area (Å²) in [6, 6.07) is 6.70. The lowest BCUT2D eigenvalue weighted by Gasteiger charge is -2.43. The molecule has 8 nitrogen and oxygen atoms in total. The molecule has 170 valence electrons. The second-order valence-corrected chi connectivity index (χ2v) is 9.43. The zero-order valence-corrected chi connectivity index (χ0v) is 18.5. The quantitative estimate of drug-likeness (QED) is 0.789. The van der Waals surface area contributed by atoms with Crippen molar-refractivity contribution in [2.75, 3.05) is 46.1 Å². The molecule has 6 rings (SSSR count). The highest BCUT2D eigenvalue weighted by Gasteiger charge is 2.33. The number of likely N-dealkylation sites (tertiary alicyclic amines) is 1. The molecular formula is C24H31N5O3. The van der Waals surface area contributed by atoms with Crippen molar-refractivity contribution < 1.29 is 14.3 Å². The lowest BCUT2D eigenvalue weighted by atomic mass is 10.0. The molecule has 2 saturated heterocycles. The van der Waals surface area contributed by atoms with Crippen molar-refractivity contribution in [1.82, 2.24) is 24.9 Å². The van der Waals surface area contributed by atoms with Crippen LogP contribution in [0.5, 0.6) is 11.5 Å². The average Bonchev–Trinajstić information content (AvgIpc) is 3.56. The van der Waals surface area contributed by atoms with Gasteiger partial charge < -0.3 is 14.4 Å². The molecule has 2 aromatic rings. The van der Waals surface area contributed by atoms with Crippen LogP contribution in [0.15, 0.2) is 18.2 Å². The number of piperidine rings is 1. The summed E-state index contributed by atoms with van der Waals surface area (Å²) in [5.41, 5.74) is 4.27. The summed E-state index contributed by atoms with van der Waals surface area (Å²) in [5, 5.41) is 7.46. The van der Waals surface area contributed by atoms with Gasteiger partial charge in [-0.3, -0.25) is 19.7 Å². The van der Waals surface area contributed by atoms with Crippen molar-refractivity contribution >= 4 is 5.91 Å². The lowest BCUT2D eigenvalue weighted by molar-refractivity contribution is 0.0403. The SMILES string of the molecule is O=C(c1n[nH]c2c1CCC2)N1CCC[C@@H](N2CCN(Cc3ccc4c(c3)OCO4)CC2)C1. The van der Waals surface area contributed by atoms with Crippen LogP contribution in [0.25, 0.3) is 0 Å². The van der Waals surface area contributed by atoms with Gasteiger partial charge in [-0.25, -0.2) is 0 Å². The number of carbonyl (C=O) groups is 1. The summed E-state index contributed by atoms with van der Waals surface area (Å²) in [4.78, 5) is 20.3. The Morgan fingerprint density at radius 1 is 1.06 bits per heavy atom.